The highest BCUT2D eigenvalue weighted by atomic mass is 16.7. The number of hydroxylamine groups is 2. The predicted octanol–water partition coefficient (Wildman–Crippen LogP) is 1.07. The van der Waals surface area contributed by atoms with E-state index in [2.05, 4.69) is 4.84 Å². The van der Waals surface area contributed by atoms with E-state index < -0.39 is 12.1 Å². The standard InChI is InChI=1S/C9H9NO5/c1-10(9(13)14)15-8(12)6-4-2-3-5-7(6)11/h2-5,11H,1H3,(H,13,14). The second-order valence-corrected chi connectivity index (χ2v) is 2.68. The molecular formula is C9H9NO5. The molecule has 0 aromatic heterocycles. The Hall–Kier alpha value is -2.24. The number of amides is 1. The van der Waals surface area contributed by atoms with E-state index in [0.717, 1.165) is 7.05 Å². The molecule has 0 unspecified atom stereocenters. The third-order valence-electron chi connectivity index (χ3n) is 1.61. The number of rotatable bonds is 1. The van der Waals surface area contributed by atoms with Crippen LogP contribution < -0.4 is 0 Å². The van der Waals surface area contributed by atoms with Crippen LogP contribution >= 0.6 is 0 Å². The molecule has 0 aliphatic carbocycles. The van der Waals surface area contributed by atoms with Gasteiger partial charge in [-0.2, -0.15) is 0 Å². The molecule has 80 valence electrons. The highest BCUT2D eigenvalue weighted by Gasteiger charge is 2.17. The summed E-state index contributed by atoms with van der Waals surface area (Å²) >= 11 is 0. The maximum absolute atomic E-state index is 11.3. The molecule has 1 rings (SSSR count). The van der Waals surface area contributed by atoms with Crippen LogP contribution in [0.15, 0.2) is 24.3 Å². The first-order valence-electron chi connectivity index (χ1n) is 3.99. The Morgan fingerprint density at radius 1 is 1.33 bits per heavy atom. The second kappa shape index (κ2) is 4.32. The molecule has 1 aromatic carbocycles. The van der Waals surface area contributed by atoms with Crippen molar-refractivity contribution in [2.24, 2.45) is 0 Å². The van der Waals surface area contributed by atoms with Crippen molar-refractivity contribution in [3.05, 3.63) is 29.8 Å². The highest BCUT2D eigenvalue weighted by Crippen LogP contribution is 2.16. The Morgan fingerprint density at radius 2 is 1.93 bits per heavy atom. The molecule has 0 atom stereocenters. The second-order valence-electron chi connectivity index (χ2n) is 2.68. The van der Waals surface area contributed by atoms with Gasteiger partial charge in [-0.15, -0.1) is 5.06 Å². The minimum Gasteiger partial charge on any atom is -0.507 e. The summed E-state index contributed by atoms with van der Waals surface area (Å²) in [5, 5.41) is 18.1. The smallest absolute Gasteiger partial charge is 0.440 e. The number of nitrogens with zero attached hydrogens (tertiary/aromatic N) is 1. The van der Waals surface area contributed by atoms with Gasteiger partial charge in [-0.05, 0) is 12.1 Å². The molecule has 6 nitrogen and oxygen atoms in total. The predicted molar refractivity (Wildman–Crippen MR) is 49.3 cm³/mol. The van der Waals surface area contributed by atoms with Crippen LogP contribution in [0.5, 0.6) is 5.75 Å². The molecule has 0 saturated heterocycles. The molecule has 1 amide bonds. The summed E-state index contributed by atoms with van der Waals surface area (Å²) in [6.45, 7) is 0. The number of hydrogen-bond acceptors (Lipinski definition) is 4. The Kier molecular flexibility index (Phi) is 3.12. The number of benzene rings is 1. The number of carbonyl (C=O) groups is 2. The molecule has 6 heteroatoms. The normalized spacial score (nSPS) is 9.40. The number of carbonyl (C=O) groups excluding carboxylic acids is 1. The molecule has 0 spiro atoms. The number of phenols is 1. The van der Waals surface area contributed by atoms with Crippen molar-refractivity contribution in [3.8, 4) is 5.75 Å². The largest absolute Gasteiger partial charge is 0.507 e. The van der Waals surface area contributed by atoms with Crippen molar-refractivity contribution in [1.82, 2.24) is 5.06 Å². The van der Waals surface area contributed by atoms with E-state index in [0.29, 0.717) is 5.06 Å². The van der Waals surface area contributed by atoms with Gasteiger partial charge in [0.2, 0.25) is 0 Å². The van der Waals surface area contributed by atoms with Gasteiger partial charge < -0.3 is 15.1 Å². The Balaban J connectivity index is 2.78. The fraction of sp³-hybridized carbons (Fsp3) is 0.111. The topological polar surface area (TPSA) is 87.1 Å². The Labute approximate surface area is 85.3 Å². The molecule has 0 radical (unpaired) electrons. The van der Waals surface area contributed by atoms with Crippen molar-refractivity contribution < 1.29 is 24.6 Å². The van der Waals surface area contributed by atoms with Crippen LogP contribution in [0.1, 0.15) is 10.4 Å². The molecule has 0 heterocycles. The van der Waals surface area contributed by atoms with Crippen LogP contribution in [0.4, 0.5) is 4.79 Å². The highest BCUT2D eigenvalue weighted by molar-refractivity contribution is 5.92. The molecule has 0 aliphatic heterocycles. The summed E-state index contributed by atoms with van der Waals surface area (Å²) < 4.78 is 0. The lowest BCUT2D eigenvalue weighted by Crippen LogP contribution is -2.28. The van der Waals surface area contributed by atoms with Crippen molar-refractivity contribution in [2.75, 3.05) is 7.05 Å². The Bertz CT molecular complexity index is 390. The van der Waals surface area contributed by atoms with Gasteiger partial charge in [0.05, 0.1) is 7.05 Å². The zero-order valence-corrected chi connectivity index (χ0v) is 7.88. The number of phenolic OH excluding ortho intramolecular Hbond substituents is 1. The lowest BCUT2D eigenvalue weighted by Gasteiger charge is -2.12. The number of hydrogen-bond donors (Lipinski definition) is 2. The average Bonchev–Trinajstić information content (AvgIpc) is 2.18. The fourth-order valence-corrected chi connectivity index (χ4v) is 0.859. The van der Waals surface area contributed by atoms with Gasteiger partial charge in [-0.25, -0.2) is 9.59 Å². The fourth-order valence-electron chi connectivity index (χ4n) is 0.859. The van der Waals surface area contributed by atoms with Crippen LogP contribution in [0.25, 0.3) is 0 Å². The van der Waals surface area contributed by atoms with Gasteiger partial charge in [-0.3, -0.25) is 0 Å². The van der Waals surface area contributed by atoms with Gasteiger partial charge in [0, 0.05) is 0 Å². The summed E-state index contributed by atoms with van der Waals surface area (Å²) in [5.74, 6) is -1.20. The quantitative estimate of drug-likeness (QED) is 0.678. The van der Waals surface area contributed by atoms with Gasteiger partial charge in [0.15, 0.2) is 0 Å². The first-order valence-corrected chi connectivity index (χ1v) is 3.99. The summed E-state index contributed by atoms with van der Waals surface area (Å²) in [5.41, 5.74) is -0.0920. The van der Waals surface area contributed by atoms with Crippen LogP contribution in [0.3, 0.4) is 0 Å². The molecule has 0 bridgehead atoms. The van der Waals surface area contributed by atoms with Crippen LogP contribution in [-0.4, -0.2) is 34.4 Å². The molecule has 0 fully saturated rings. The van der Waals surface area contributed by atoms with Gasteiger partial charge in [0.1, 0.15) is 11.3 Å². The molecular weight excluding hydrogens is 202 g/mol. The van der Waals surface area contributed by atoms with E-state index in [1.54, 1.807) is 0 Å². The van der Waals surface area contributed by atoms with E-state index in [-0.39, 0.29) is 11.3 Å². The monoisotopic (exact) mass is 211 g/mol. The lowest BCUT2D eigenvalue weighted by molar-refractivity contribution is -0.0704. The zero-order valence-electron chi connectivity index (χ0n) is 7.88. The van der Waals surface area contributed by atoms with Crippen molar-refractivity contribution in [3.63, 3.8) is 0 Å². The minimum atomic E-state index is -1.40. The zero-order chi connectivity index (χ0) is 11.4. The van der Waals surface area contributed by atoms with E-state index in [9.17, 15) is 14.7 Å². The molecule has 1 aromatic rings. The SMILES string of the molecule is CN(OC(=O)c1ccccc1O)C(=O)O. The van der Waals surface area contributed by atoms with Crippen LogP contribution in [0, 0.1) is 0 Å². The van der Waals surface area contributed by atoms with E-state index in [1.807, 2.05) is 0 Å². The van der Waals surface area contributed by atoms with E-state index in [1.165, 1.54) is 24.3 Å². The maximum atomic E-state index is 11.3. The van der Waals surface area contributed by atoms with Gasteiger partial charge in [0.25, 0.3) is 0 Å². The third-order valence-corrected chi connectivity index (χ3v) is 1.61. The molecule has 0 aliphatic rings. The van der Waals surface area contributed by atoms with E-state index in [4.69, 9.17) is 5.11 Å². The lowest BCUT2D eigenvalue weighted by atomic mass is 10.2. The third kappa shape index (κ3) is 2.60. The van der Waals surface area contributed by atoms with Crippen molar-refractivity contribution >= 4 is 12.1 Å². The van der Waals surface area contributed by atoms with Crippen LogP contribution in [-0.2, 0) is 4.84 Å². The molecule has 2 N–H and O–H groups in total. The number of aromatic hydroxyl groups is 1. The molecule has 0 saturated carbocycles. The number of para-hydroxylation sites is 1. The number of carboxylic acid groups (broad SMARTS) is 1. The average molecular weight is 211 g/mol. The minimum absolute atomic E-state index is 0.0920. The summed E-state index contributed by atoms with van der Waals surface area (Å²) in [4.78, 5) is 26.0. The van der Waals surface area contributed by atoms with Gasteiger partial charge in [-0.1, -0.05) is 12.1 Å². The van der Waals surface area contributed by atoms with Gasteiger partial charge >= 0.3 is 12.1 Å². The summed E-state index contributed by atoms with van der Waals surface area (Å²) in [7, 11) is 1.07. The van der Waals surface area contributed by atoms with Crippen molar-refractivity contribution in [1.29, 1.82) is 0 Å². The molecule has 15 heavy (non-hydrogen) atoms. The first-order chi connectivity index (χ1) is 7.02. The Morgan fingerprint density at radius 3 is 2.47 bits per heavy atom. The summed E-state index contributed by atoms with van der Waals surface area (Å²) in [6.07, 6.45) is -1.40. The van der Waals surface area contributed by atoms with E-state index >= 15 is 0 Å². The first kappa shape index (κ1) is 10.8. The maximum Gasteiger partial charge on any atom is 0.440 e. The van der Waals surface area contributed by atoms with Crippen molar-refractivity contribution in [2.45, 2.75) is 0 Å². The summed E-state index contributed by atoms with van der Waals surface area (Å²) in [6, 6.07) is 5.69. The van der Waals surface area contributed by atoms with Crippen LogP contribution in [0.2, 0.25) is 0 Å².